The van der Waals surface area contributed by atoms with Gasteiger partial charge in [-0.3, -0.25) is 0 Å². The molecule has 0 radical (unpaired) electrons. The third kappa shape index (κ3) is 3.51. The van der Waals surface area contributed by atoms with Crippen LogP contribution in [-0.4, -0.2) is 13.7 Å². The molecule has 17 heavy (non-hydrogen) atoms. The predicted octanol–water partition coefficient (Wildman–Crippen LogP) is 4.31. The van der Waals surface area contributed by atoms with Crippen molar-refractivity contribution in [3.8, 4) is 5.75 Å². The fourth-order valence-corrected chi connectivity index (χ4v) is 2.38. The van der Waals surface area contributed by atoms with Gasteiger partial charge in [0.1, 0.15) is 5.75 Å². The Hall–Kier alpha value is -0.440. The molecule has 0 aliphatic heterocycles. The van der Waals surface area contributed by atoms with Crippen LogP contribution in [0.2, 0.25) is 10.0 Å². The molecule has 0 aromatic heterocycles. The molecule has 0 fully saturated rings. The first-order valence-corrected chi connectivity index (χ1v) is 6.53. The van der Waals surface area contributed by atoms with Gasteiger partial charge in [-0.1, -0.05) is 44.0 Å². The van der Waals surface area contributed by atoms with E-state index < -0.39 is 0 Å². The van der Waals surface area contributed by atoms with Crippen molar-refractivity contribution in [2.45, 2.75) is 26.8 Å². The highest BCUT2D eigenvalue weighted by molar-refractivity contribution is 6.34. The van der Waals surface area contributed by atoms with Gasteiger partial charge in [-0.2, -0.15) is 0 Å². The minimum Gasteiger partial charge on any atom is -0.495 e. The van der Waals surface area contributed by atoms with Crippen LogP contribution in [0.15, 0.2) is 12.1 Å². The van der Waals surface area contributed by atoms with Crippen LogP contribution in [0.25, 0.3) is 0 Å². The zero-order chi connectivity index (χ0) is 13.0. The number of ether oxygens (including phenoxy) is 1. The molecule has 1 aromatic rings. The zero-order valence-electron chi connectivity index (χ0n) is 10.7. The predicted molar refractivity (Wildman–Crippen MR) is 74.3 cm³/mol. The van der Waals surface area contributed by atoms with Gasteiger partial charge in [0.2, 0.25) is 0 Å². The van der Waals surface area contributed by atoms with E-state index in [-0.39, 0.29) is 6.04 Å². The van der Waals surface area contributed by atoms with Crippen molar-refractivity contribution < 1.29 is 4.74 Å². The first kappa shape index (κ1) is 14.6. The second kappa shape index (κ2) is 6.48. The Morgan fingerprint density at radius 3 is 2.35 bits per heavy atom. The van der Waals surface area contributed by atoms with Gasteiger partial charge in [-0.15, -0.1) is 0 Å². The largest absolute Gasteiger partial charge is 0.495 e. The highest BCUT2D eigenvalue weighted by atomic mass is 35.5. The topological polar surface area (TPSA) is 21.3 Å². The molecule has 96 valence electrons. The van der Waals surface area contributed by atoms with Crippen molar-refractivity contribution >= 4 is 23.2 Å². The zero-order valence-corrected chi connectivity index (χ0v) is 12.2. The van der Waals surface area contributed by atoms with Gasteiger partial charge >= 0.3 is 0 Å². The van der Waals surface area contributed by atoms with Crippen molar-refractivity contribution in [3.63, 3.8) is 0 Å². The van der Waals surface area contributed by atoms with Gasteiger partial charge in [-0.05, 0) is 24.1 Å². The van der Waals surface area contributed by atoms with Crippen LogP contribution in [0.4, 0.5) is 0 Å². The molecule has 1 unspecified atom stereocenters. The normalized spacial score (nSPS) is 12.9. The van der Waals surface area contributed by atoms with Gasteiger partial charge in [0.25, 0.3) is 0 Å². The Morgan fingerprint density at radius 1 is 1.24 bits per heavy atom. The number of hydrogen-bond acceptors (Lipinski definition) is 2. The number of nitrogens with one attached hydrogen (secondary N) is 1. The Balaban J connectivity index is 3.15. The summed E-state index contributed by atoms with van der Waals surface area (Å²) < 4.78 is 5.14. The summed E-state index contributed by atoms with van der Waals surface area (Å²) in [6, 6.07) is 3.86. The minimum atomic E-state index is 0.205. The Bertz CT molecular complexity index is 380. The first-order valence-electron chi connectivity index (χ1n) is 5.77. The van der Waals surface area contributed by atoms with E-state index in [0.29, 0.717) is 21.7 Å². The van der Waals surface area contributed by atoms with Crippen LogP contribution in [0.5, 0.6) is 5.75 Å². The van der Waals surface area contributed by atoms with Crippen LogP contribution in [0, 0.1) is 5.92 Å². The van der Waals surface area contributed by atoms with Crippen LogP contribution in [0.3, 0.4) is 0 Å². The minimum absolute atomic E-state index is 0.205. The van der Waals surface area contributed by atoms with Crippen molar-refractivity contribution in [3.05, 3.63) is 27.7 Å². The summed E-state index contributed by atoms with van der Waals surface area (Å²) in [5.74, 6) is 1.05. The monoisotopic (exact) mass is 275 g/mol. The van der Waals surface area contributed by atoms with Gasteiger partial charge < -0.3 is 10.1 Å². The Labute approximate surface area is 113 Å². The molecule has 0 spiro atoms. The molecule has 2 nitrogen and oxygen atoms in total. The highest BCUT2D eigenvalue weighted by Crippen LogP contribution is 2.36. The number of benzene rings is 1. The summed E-state index contributed by atoms with van der Waals surface area (Å²) in [4.78, 5) is 0. The maximum Gasteiger partial charge on any atom is 0.138 e. The van der Waals surface area contributed by atoms with Crippen molar-refractivity contribution in [2.24, 2.45) is 5.92 Å². The van der Waals surface area contributed by atoms with E-state index in [1.165, 1.54) is 0 Å². The van der Waals surface area contributed by atoms with Crippen molar-refractivity contribution in [2.75, 3.05) is 13.7 Å². The molecule has 1 atom stereocenters. The van der Waals surface area contributed by atoms with Crippen LogP contribution in [-0.2, 0) is 0 Å². The van der Waals surface area contributed by atoms with E-state index in [2.05, 4.69) is 26.1 Å². The van der Waals surface area contributed by atoms with E-state index >= 15 is 0 Å². The summed E-state index contributed by atoms with van der Waals surface area (Å²) in [5.41, 5.74) is 1.02. The van der Waals surface area contributed by atoms with Crippen molar-refractivity contribution in [1.29, 1.82) is 0 Å². The van der Waals surface area contributed by atoms with Gasteiger partial charge in [0.15, 0.2) is 0 Å². The number of hydrogen-bond donors (Lipinski definition) is 1. The first-order chi connectivity index (χ1) is 8.01. The number of methoxy groups -OCH3 is 1. The van der Waals surface area contributed by atoms with Crippen molar-refractivity contribution in [1.82, 2.24) is 5.32 Å². The molecular formula is C13H19Cl2NO. The van der Waals surface area contributed by atoms with E-state index in [0.717, 1.165) is 12.1 Å². The van der Waals surface area contributed by atoms with Gasteiger partial charge in [-0.25, -0.2) is 0 Å². The summed E-state index contributed by atoms with van der Waals surface area (Å²) in [5, 5.41) is 4.70. The molecule has 0 saturated heterocycles. The third-order valence-corrected chi connectivity index (χ3v) is 3.32. The molecule has 0 amide bonds. The summed E-state index contributed by atoms with van der Waals surface area (Å²) >= 11 is 12.4. The average molecular weight is 276 g/mol. The molecule has 1 N–H and O–H groups in total. The highest BCUT2D eigenvalue weighted by Gasteiger charge is 2.19. The quantitative estimate of drug-likeness (QED) is 0.865. The van der Waals surface area contributed by atoms with E-state index in [1.807, 2.05) is 6.07 Å². The lowest BCUT2D eigenvalue weighted by atomic mass is 9.96. The van der Waals surface area contributed by atoms with E-state index in [4.69, 9.17) is 27.9 Å². The lowest BCUT2D eigenvalue weighted by Gasteiger charge is -2.24. The van der Waals surface area contributed by atoms with E-state index in [9.17, 15) is 0 Å². The lowest BCUT2D eigenvalue weighted by molar-refractivity contribution is 0.409. The molecular weight excluding hydrogens is 257 g/mol. The fourth-order valence-electron chi connectivity index (χ4n) is 1.86. The number of rotatable bonds is 5. The molecule has 0 aliphatic rings. The SMILES string of the molecule is CCNC(c1cc(Cl)c(OC)cc1Cl)C(C)C. The van der Waals surface area contributed by atoms with Crippen LogP contribution in [0.1, 0.15) is 32.4 Å². The standard InChI is InChI=1S/C13H19Cl2NO/c1-5-16-13(8(2)3)9-6-11(15)12(17-4)7-10(9)14/h6-8,13,16H,5H2,1-4H3. The molecule has 0 heterocycles. The van der Waals surface area contributed by atoms with Crippen LogP contribution >= 0.6 is 23.2 Å². The molecule has 0 saturated carbocycles. The molecule has 4 heteroatoms. The molecule has 1 aromatic carbocycles. The van der Waals surface area contributed by atoms with Crippen LogP contribution < -0.4 is 10.1 Å². The number of halogens is 2. The fraction of sp³-hybridized carbons (Fsp3) is 0.538. The maximum atomic E-state index is 6.28. The lowest BCUT2D eigenvalue weighted by Crippen LogP contribution is -2.25. The molecule has 1 rings (SSSR count). The van der Waals surface area contributed by atoms with E-state index in [1.54, 1.807) is 13.2 Å². The Kier molecular flexibility index (Phi) is 5.57. The molecule has 0 aliphatic carbocycles. The smallest absolute Gasteiger partial charge is 0.138 e. The third-order valence-electron chi connectivity index (χ3n) is 2.70. The maximum absolute atomic E-state index is 6.28. The summed E-state index contributed by atoms with van der Waals surface area (Å²) in [6.45, 7) is 7.28. The summed E-state index contributed by atoms with van der Waals surface area (Å²) in [7, 11) is 1.58. The second-order valence-electron chi connectivity index (χ2n) is 4.29. The Morgan fingerprint density at radius 2 is 1.88 bits per heavy atom. The van der Waals surface area contributed by atoms with Gasteiger partial charge in [0.05, 0.1) is 12.1 Å². The summed E-state index contributed by atoms with van der Waals surface area (Å²) in [6.07, 6.45) is 0. The average Bonchev–Trinajstić information content (AvgIpc) is 2.28. The van der Waals surface area contributed by atoms with Gasteiger partial charge in [0, 0.05) is 17.1 Å². The second-order valence-corrected chi connectivity index (χ2v) is 5.10. The molecule has 0 bridgehead atoms.